The molecular weight excluding hydrogens is 173 g/mol. The van der Waals surface area contributed by atoms with E-state index in [2.05, 4.69) is 5.16 Å². The van der Waals surface area contributed by atoms with Gasteiger partial charge in [0.15, 0.2) is 11.4 Å². The van der Waals surface area contributed by atoms with E-state index in [1.54, 1.807) is 6.07 Å². The van der Waals surface area contributed by atoms with Crippen molar-refractivity contribution in [2.45, 2.75) is 6.54 Å². The Kier molecular flexibility index (Phi) is 1.66. The summed E-state index contributed by atoms with van der Waals surface area (Å²) in [6.07, 6.45) is 0. The van der Waals surface area contributed by atoms with Gasteiger partial charge in [-0.25, -0.2) is 4.39 Å². The Balaban J connectivity index is 2.79. The maximum atomic E-state index is 13.3. The third-order valence-electron chi connectivity index (χ3n) is 1.85. The first-order valence-corrected chi connectivity index (χ1v) is 3.75. The minimum absolute atomic E-state index is 0.0658. The number of fused-ring (bicyclic) bond motifs is 1. The van der Waals surface area contributed by atoms with Crippen molar-refractivity contribution in [3.63, 3.8) is 0 Å². The van der Waals surface area contributed by atoms with Gasteiger partial charge in [0, 0.05) is 6.54 Å². The molecule has 0 unspecified atom stereocenters. The normalized spacial score (nSPS) is 10.9. The van der Waals surface area contributed by atoms with Gasteiger partial charge in [0.05, 0.1) is 0 Å². The largest absolute Gasteiger partial charge is 0.380 e. The molecule has 1 aromatic heterocycles. The van der Waals surface area contributed by atoms with E-state index in [9.17, 15) is 4.39 Å². The van der Waals surface area contributed by atoms with Crippen LogP contribution in [0.1, 0.15) is 5.56 Å². The molecule has 0 aliphatic heterocycles. The van der Waals surface area contributed by atoms with Crippen LogP contribution < -0.4 is 11.5 Å². The topological polar surface area (TPSA) is 78.1 Å². The first-order valence-electron chi connectivity index (χ1n) is 3.75. The van der Waals surface area contributed by atoms with Gasteiger partial charge in [-0.15, -0.1) is 0 Å². The number of aromatic nitrogens is 1. The van der Waals surface area contributed by atoms with E-state index in [0.717, 1.165) is 0 Å². The summed E-state index contributed by atoms with van der Waals surface area (Å²) in [7, 11) is 0. The molecule has 1 aromatic carbocycles. The molecule has 4 N–H and O–H groups in total. The van der Waals surface area contributed by atoms with Crippen LogP contribution in [-0.4, -0.2) is 5.16 Å². The number of hydrogen-bond acceptors (Lipinski definition) is 4. The Hall–Kier alpha value is -1.62. The summed E-state index contributed by atoms with van der Waals surface area (Å²) >= 11 is 0. The van der Waals surface area contributed by atoms with Crippen LogP contribution in [0.2, 0.25) is 0 Å². The van der Waals surface area contributed by atoms with E-state index in [1.165, 1.54) is 6.07 Å². The highest BCUT2D eigenvalue weighted by Gasteiger charge is 2.11. The van der Waals surface area contributed by atoms with Crippen LogP contribution in [0.4, 0.5) is 10.2 Å². The van der Waals surface area contributed by atoms with Gasteiger partial charge in [-0.05, 0) is 17.7 Å². The average molecular weight is 181 g/mol. The zero-order valence-corrected chi connectivity index (χ0v) is 6.75. The van der Waals surface area contributed by atoms with Crippen LogP contribution in [-0.2, 0) is 6.54 Å². The van der Waals surface area contributed by atoms with Crippen LogP contribution in [0.3, 0.4) is 0 Å². The summed E-state index contributed by atoms with van der Waals surface area (Å²) in [5.74, 6) is -0.382. The molecule has 5 heteroatoms. The predicted octanol–water partition coefficient (Wildman–Crippen LogP) is 1.01. The molecule has 68 valence electrons. The maximum Gasteiger partial charge on any atom is 0.177 e. The second kappa shape index (κ2) is 2.70. The summed E-state index contributed by atoms with van der Waals surface area (Å²) < 4.78 is 18.1. The van der Waals surface area contributed by atoms with Gasteiger partial charge in [0.2, 0.25) is 0 Å². The third kappa shape index (κ3) is 1.13. The number of nitrogens with zero attached hydrogens (tertiary/aromatic N) is 1. The van der Waals surface area contributed by atoms with E-state index in [4.69, 9.17) is 16.0 Å². The molecule has 0 saturated carbocycles. The maximum absolute atomic E-state index is 13.3. The fourth-order valence-electron chi connectivity index (χ4n) is 1.22. The molecule has 0 radical (unpaired) electrons. The first-order chi connectivity index (χ1) is 6.22. The number of halogens is 1. The molecule has 4 nitrogen and oxygen atoms in total. The van der Waals surface area contributed by atoms with Crippen molar-refractivity contribution in [3.05, 3.63) is 23.5 Å². The van der Waals surface area contributed by atoms with Crippen molar-refractivity contribution in [2.24, 2.45) is 5.73 Å². The standard InChI is InChI=1S/C8H8FN3O/c9-5-1-4(3-10)2-6-7(5)8(11)12-13-6/h1-2H,3,10H2,(H2,11,12). The number of benzene rings is 1. The third-order valence-corrected chi connectivity index (χ3v) is 1.85. The molecule has 0 amide bonds. The van der Waals surface area contributed by atoms with Gasteiger partial charge in [0.25, 0.3) is 0 Å². The Morgan fingerprint density at radius 1 is 1.46 bits per heavy atom. The number of rotatable bonds is 1. The van der Waals surface area contributed by atoms with Crippen LogP contribution in [0, 0.1) is 5.82 Å². The van der Waals surface area contributed by atoms with Gasteiger partial charge in [-0.1, -0.05) is 5.16 Å². The molecule has 0 bridgehead atoms. The van der Waals surface area contributed by atoms with Crippen LogP contribution >= 0.6 is 0 Å². The SMILES string of the molecule is NCc1cc(F)c2c(N)noc2c1. The lowest BCUT2D eigenvalue weighted by Gasteiger charge is -1.96. The number of nitrogens with two attached hydrogens (primary N) is 2. The number of anilines is 1. The fourth-order valence-corrected chi connectivity index (χ4v) is 1.22. The van der Waals surface area contributed by atoms with E-state index >= 15 is 0 Å². The van der Waals surface area contributed by atoms with Crippen LogP contribution in [0.15, 0.2) is 16.7 Å². The first kappa shape index (κ1) is 8.00. The number of hydrogen-bond donors (Lipinski definition) is 2. The molecule has 2 rings (SSSR count). The smallest absolute Gasteiger partial charge is 0.177 e. The highest BCUT2D eigenvalue weighted by Crippen LogP contribution is 2.24. The van der Waals surface area contributed by atoms with Crippen molar-refractivity contribution in [1.82, 2.24) is 5.16 Å². The van der Waals surface area contributed by atoms with Gasteiger partial charge in [-0.3, -0.25) is 0 Å². The molecular formula is C8H8FN3O. The predicted molar refractivity (Wildman–Crippen MR) is 46.3 cm³/mol. The molecule has 1 heterocycles. The summed E-state index contributed by atoms with van der Waals surface area (Å²) in [4.78, 5) is 0. The lowest BCUT2D eigenvalue weighted by molar-refractivity contribution is 0.460. The highest BCUT2D eigenvalue weighted by molar-refractivity contribution is 5.87. The van der Waals surface area contributed by atoms with E-state index in [-0.39, 0.29) is 17.7 Å². The van der Waals surface area contributed by atoms with Crippen LogP contribution in [0.25, 0.3) is 11.0 Å². The van der Waals surface area contributed by atoms with Gasteiger partial charge in [0.1, 0.15) is 11.2 Å². The minimum atomic E-state index is -0.448. The van der Waals surface area contributed by atoms with Crippen molar-refractivity contribution in [2.75, 3.05) is 5.73 Å². The molecule has 0 spiro atoms. The molecule has 0 aliphatic rings. The monoisotopic (exact) mass is 181 g/mol. The van der Waals surface area contributed by atoms with Crippen molar-refractivity contribution in [3.8, 4) is 0 Å². The van der Waals surface area contributed by atoms with Gasteiger partial charge in [-0.2, -0.15) is 0 Å². The van der Waals surface area contributed by atoms with E-state index in [1.807, 2.05) is 0 Å². The lowest BCUT2D eigenvalue weighted by Crippen LogP contribution is -1.97. The quantitative estimate of drug-likeness (QED) is 0.688. The fraction of sp³-hybridized carbons (Fsp3) is 0.125. The highest BCUT2D eigenvalue weighted by atomic mass is 19.1. The van der Waals surface area contributed by atoms with Gasteiger partial charge < -0.3 is 16.0 Å². The zero-order chi connectivity index (χ0) is 9.42. The Labute approximate surface area is 73.3 Å². The van der Waals surface area contributed by atoms with Gasteiger partial charge >= 0.3 is 0 Å². The molecule has 0 atom stereocenters. The second-order valence-corrected chi connectivity index (χ2v) is 2.72. The van der Waals surface area contributed by atoms with Crippen LogP contribution in [0.5, 0.6) is 0 Å². The summed E-state index contributed by atoms with van der Waals surface area (Å²) in [6.45, 7) is 0.257. The summed E-state index contributed by atoms with van der Waals surface area (Å²) in [5, 5.41) is 3.67. The van der Waals surface area contributed by atoms with E-state index < -0.39 is 5.82 Å². The molecule has 13 heavy (non-hydrogen) atoms. The molecule has 0 saturated heterocycles. The van der Waals surface area contributed by atoms with E-state index in [0.29, 0.717) is 11.1 Å². The zero-order valence-electron chi connectivity index (χ0n) is 6.75. The minimum Gasteiger partial charge on any atom is -0.380 e. The Bertz CT molecular complexity index is 452. The second-order valence-electron chi connectivity index (χ2n) is 2.72. The summed E-state index contributed by atoms with van der Waals surface area (Å²) in [6, 6.07) is 2.96. The molecule has 0 aliphatic carbocycles. The lowest BCUT2D eigenvalue weighted by atomic mass is 10.1. The molecule has 2 aromatic rings. The van der Waals surface area contributed by atoms with Crippen molar-refractivity contribution < 1.29 is 8.91 Å². The number of nitrogen functional groups attached to an aromatic ring is 1. The average Bonchev–Trinajstić information content (AvgIpc) is 2.48. The molecule has 0 fully saturated rings. The van der Waals surface area contributed by atoms with Crippen molar-refractivity contribution in [1.29, 1.82) is 0 Å². The Morgan fingerprint density at radius 2 is 2.23 bits per heavy atom. The summed E-state index contributed by atoms with van der Waals surface area (Å²) in [5.41, 5.74) is 11.7. The Morgan fingerprint density at radius 3 is 2.92 bits per heavy atom. The van der Waals surface area contributed by atoms with Crippen molar-refractivity contribution >= 4 is 16.8 Å².